The molecular formula is C32H56N12O8. The van der Waals surface area contributed by atoms with Crippen LogP contribution in [0.2, 0.25) is 0 Å². The Balaban J connectivity index is 0.000000280. The van der Waals surface area contributed by atoms with Crippen molar-refractivity contribution in [3.05, 3.63) is 11.6 Å². The van der Waals surface area contributed by atoms with Crippen LogP contribution >= 0.6 is 0 Å². The monoisotopic (exact) mass is 736 g/mol. The van der Waals surface area contributed by atoms with Gasteiger partial charge in [-0.25, -0.2) is 23.9 Å². The van der Waals surface area contributed by atoms with Crippen LogP contribution in [0.3, 0.4) is 0 Å². The summed E-state index contributed by atoms with van der Waals surface area (Å²) in [6.45, 7) is 23.4. The highest BCUT2D eigenvalue weighted by molar-refractivity contribution is 5.72. The number of amides is 4. The Labute approximate surface area is 305 Å². The average molecular weight is 737 g/mol. The fourth-order valence-corrected chi connectivity index (χ4v) is 5.02. The maximum atomic E-state index is 12.6. The lowest BCUT2D eigenvalue weighted by molar-refractivity contribution is -0.0168. The molecule has 2 aromatic rings. The summed E-state index contributed by atoms with van der Waals surface area (Å²) in [6.07, 6.45) is -1.80. The SMILES string of the molecule is Cn1nnc(C2CN(C(=O)OC(C)(C)C)CCN2C(=O)OC(C)(C)C)n1.Cn1nnnc1C1CN(C(=O)OC(C)(C)C)CCN1C(=O)OC(C)(C)C. The van der Waals surface area contributed by atoms with Gasteiger partial charge in [0.1, 0.15) is 34.5 Å². The summed E-state index contributed by atoms with van der Waals surface area (Å²) >= 11 is 0. The van der Waals surface area contributed by atoms with Crippen molar-refractivity contribution in [2.75, 3.05) is 39.3 Å². The zero-order chi connectivity index (χ0) is 39.4. The van der Waals surface area contributed by atoms with E-state index in [0.717, 1.165) is 0 Å². The molecule has 20 nitrogen and oxygen atoms in total. The molecule has 2 fully saturated rings. The number of ether oxygens (including phenoxy) is 4. The smallest absolute Gasteiger partial charge is 0.411 e. The van der Waals surface area contributed by atoms with Gasteiger partial charge in [-0.15, -0.1) is 15.3 Å². The first kappa shape index (κ1) is 41.6. The molecule has 2 aromatic heterocycles. The zero-order valence-corrected chi connectivity index (χ0v) is 33.0. The van der Waals surface area contributed by atoms with Gasteiger partial charge in [0.2, 0.25) is 0 Å². The Kier molecular flexibility index (Phi) is 12.7. The molecular weight excluding hydrogens is 680 g/mol. The maximum Gasteiger partial charge on any atom is 0.411 e. The van der Waals surface area contributed by atoms with Gasteiger partial charge in [-0.2, -0.15) is 4.80 Å². The molecule has 2 aliphatic heterocycles. The first-order valence-corrected chi connectivity index (χ1v) is 17.1. The van der Waals surface area contributed by atoms with Gasteiger partial charge >= 0.3 is 24.4 Å². The number of tetrazole rings is 2. The number of aromatic nitrogens is 8. The van der Waals surface area contributed by atoms with Crippen LogP contribution in [0, 0.1) is 0 Å². The van der Waals surface area contributed by atoms with Crippen LogP contribution in [0.5, 0.6) is 0 Å². The number of carbonyl (C=O) groups excluding carboxylic acids is 4. The molecule has 2 aliphatic rings. The Morgan fingerprint density at radius 3 is 1.33 bits per heavy atom. The third-order valence-corrected chi connectivity index (χ3v) is 7.09. The minimum Gasteiger partial charge on any atom is -0.444 e. The third kappa shape index (κ3) is 12.5. The molecule has 2 unspecified atom stereocenters. The van der Waals surface area contributed by atoms with Gasteiger partial charge in [0, 0.05) is 33.2 Å². The molecule has 0 bridgehead atoms. The summed E-state index contributed by atoms with van der Waals surface area (Å²) in [7, 11) is 3.33. The lowest BCUT2D eigenvalue weighted by atomic mass is 10.1. The van der Waals surface area contributed by atoms with E-state index in [4.69, 9.17) is 18.9 Å². The molecule has 0 N–H and O–H groups in total. The summed E-state index contributed by atoms with van der Waals surface area (Å²) in [4.78, 5) is 57.6. The van der Waals surface area contributed by atoms with E-state index in [9.17, 15) is 19.2 Å². The van der Waals surface area contributed by atoms with Gasteiger partial charge in [-0.05, 0) is 98.7 Å². The van der Waals surface area contributed by atoms with E-state index in [1.165, 1.54) is 14.4 Å². The predicted octanol–water partition coefficient (Wildman–Crippen LogP) is 3.48. The van der Waals surface area contributed by atoms with Crippen LogP contribution in [0.4, 0.5) is 19.2 Å². The maximum absolute atomic E-state index is 12.6. The molecule has 0 radical (unpaired) electrons. The topological polar surface area (TPSA) is 205 Å². The Morgan fingerprint density at radius 1 is 0.558 bits per heavy atom. The number of piperazine rings is 2. The third-order valence-electron chi connectivity index (χ3n) is 7.09. The highest BCUT2D eigenvalue weighted by atomic mass is 16.6. The van der Waals surface area contributed by atoms with Gasteiger partial charge in [0.25, 0.3) is 0 Å². The number of nitrogens with zero attached hydrogens (tertiary/aromatic N) is 12. The van der Waals surface area contributed by atoms with Crippen molar-refractivity contribution >= 4 is 24.4 Å². The predicted molar refractivity (Wildman–Crippen MR) is 185 cm³/mol. The second kappa shape index (κ2) is 15.9. The summed E-state index contributed by atoms with van der Waals surface area (Å²) < 4.78 is 23.3. The molecule has 0 aliphatic carbocycles. The van der Waals surface area contributed by atoms with Crippen LogP contribution in [-0.2, 0) is 33.0 Å². The quantitative estimate of drug-likeness (QED) is 0.405. The zero-order valence-electron chi connectivity index (χ0n) is 33.0. The van der Waals surface area contributed by atoms with Crippen LogP contribution in [-0.4, -0.2) is 146 Å². The standard InChI is InChI=1S/2C16H28N6O4/c1-15(2,3)25-13(23)21-8-9-22(14(24)26-16(4,5)6)11(10-21)12-17-18-19-20(12)7;1-15(2,3)25-13(23)21-8-9-22(14(24)26-16(4,5)6)11(10-21)12-17-19-20(7)18-12/h2*11H,8-10H2,1-7H3. The number of rotatable bonds is 2. The largest absolute Gasteiger partial charge is 0.444 e. The van der Waals surface area contributed by atoms with Crippen molar-refractivity contribution in [1.82, 2.24) is 60.0 Å². The first-order chi connectivity index (χ1) is 23.7. The van der Waals surface area contributed by atoms with Gasteiger partial charge in [-0.1, -0.05) is 0 Å². The van der Waals surface area contributed by atoms with Crippen molar-refractivity contribution in [1.29, 1.82) is 0 Å². The summed E-state index contributed by atoms with van der Waals surface area (Å²) in [5, 5.41) is 23.5. The second-order valence-corrected chi connectivity index (χ2v) is 16.5. The summed E-state index contributed by atoms with van der Waals surface area (Å²) in [5.41, 5.74) is -2.44. The summed E-state index contributed by atoms with van der Waals surface area (Å²) in [5.74, 6) is 0.829. The van der Waals surface area contributed by atoms with E-state index in [1.54, 1.807) is 70.3 Å². The number of hydrogen-bond acceptors (Lipinski definition) is 14. The molecule has 0 saturated carbocycles. The van der Waals surface area contributed by atoms with E-state index >= 15 is 0 Å². The molecule has 4 amide bonds. The highest BCUT2D eigenvalue weighted by Gasteiger charge is 2.41. The van der Waals surface area contributed by atoms with Crippen LogP contribution in [0.15, 0.2) is 0 Å². The fourth-order valence-electron chi connectivity index (χ4n) is 5.02. The molecule has 292 valence electrons. The molecule has 4 heterocycles. The van der Waals surface area contributed by atoms with Crippen molar-refractivity contribution < 1.29 is 38.1 Å². The van der Waals surface area contributed by atoms with Gasteiger partial charge in [0.05, 0.1) is 20.1 Å². The minimum atomic E-state index is -0.625. The lowest BCUT2D eigenvalue weighted by Gasteiger charge is -2.40. The van der Waals surface area contributed by atoms with E-state index in [0.29, 0.717) is 31.3 Å². The average Bonchev–Trinajstić information content (AvgIpc) is 3.61. The van der Waals surface area contributed by atoms with Crippen molar-refractivity contribution in [3.8, 4) is 0 Å². The Morgan fingerprint density at radius 2 is 0.962 bits per heavy atom. The van der Waals surface area contributed by atoms with E-state index < -0.39 is 58.9 Å². The van der Waals surface area contributed by atoms with E-state index in [-0.39, 0.29) is 19.6 Å². The van der Waals surface area contributed by atoms with Crippen LogP contribution < -0.4 is 0 Å². The van der Waals surface area contributed by atoms with Crippen LogP contribution in [0.1, 0.15) is 107 Å². The highest BCUT2D eigenvalue weighted by Crippen LogP contribution is 2.28. The van der Waals surface area contributed by atoms with E-state index in [1.807, 2.05) is 41.5 Å². The molecule has 20 heteroatoms. The molecule has 2 atom stereocenters. The Bertz CT molecular complexity index is 1550. The number of hydrogen-bond donors (Lipinski definition) is 0. The lowest BCUT2D eigenvalue weighted by Crippen LogP contribution is -2.54. The molecule has 2 saturated heterocycles. The molecule has 52 heavy (non-hydrogen) atoms. The van der Waals surface area contributed by atoms with E-state index in [2.05, 4.69) is 30.9 Å². The van der Waals surface area contributed by atoms with Gasteiger partial charge in [-0.3, -0.25) is 9.80 Å². The van der Waals surface area contributed by atoms with Crippen LogP contribution in [0.25, 0.3) is 0 Å². The van der Waals surface area contributed by atoms with Crippen molar-refractivity contribution in [2.45, 2.75) is 118 Å². The minimum absolute atomic E-state index is 0.208. The van der Waals surface area contributed by atoms with Gasteiger partial charge < -0.3 is 28.7 Å². The fraction of sp³-hybridized carbons (Fsp3) is 0.812. The molecule has 4 rings (SSSR count). The Hall–Kier alpha value is -4.78. The number of aryl methyl sites for hydroxylation is 2. The molecule has 0 spiro atoms. The molecule has 0 aromatic carbocycles. The second-order valence-electron chi connectivity index (χ2n) is 16.5. The van der Waals surface area contributed by atoms with Crippen molar-refractivity contribution in [3.63, 3.8) is 0 Å². The number of carbonyl (C=O) groups is 4. The van der Waals surface area contributed by atoms with Gasteiger partial charge in [0.15, 0.2) is 11.6 Å². The first-order valence-electron chi connectivity index (χ1n) is 17.1. The summed E-state index contributed by atoms with van der Waals surface area (Å²) in [6, 6.07) is -1.08. The van der Waals surface area contributed by atoms with Crippen molar-refractivity contribution in [2.24, 2.45) is 14.1 Å². The normalized spacial score (nSPS) is 18.7.